The molecule has 0 saturated heterocycles. The van der Waals surface area contributed by atoms with Gasteiger partial charge in [-0.15, -0.1) is 0 Å². The first kappa shape index (κ1) is 13.3. The number of aryl methyl sites for hydroxylation is 1. The third kappa shape index (κ3) is 2.22. The van der Waals surface area contributed by atoms with Gasteiger partial charge in [-0.3, -0.25) is 0 Å². The first-order valence-electron chi connectivity index (χ1n) is 7.29. The van der Waals surface area contributed by atoms with Gasteiger partial charge >= 0.3 is 0 Å². The third-order valence-electron chi connectivity index (χ3n) is 4.38. The van der Waals surface area contributed by atoms with E-state index in [1.54, 1.807) is 0 Å². The Balaban J connectivity index is 2.00. The average Bonchev–Trinajstić information content (AvgIpc) is 2.43. The molecule has 3 rings (SSSR count). The monoisotopic (exact) mass is 267 g/mol. The maximum atomic E-state index is 4.87. The van der Waals surface area contributed by atoms with Crippen molar-refractivity contribution >= 4 is 0 Å². The second-order valence-electron chi connectivity index (χ2n) is 5.74. The normalized spacial score (nSPS) is 16.7. The highest BCUT2D eigenvalue weighted by molar-refractivity contribution is 5.63. The zero-order chi connectivity index (χ0) is 14.0. The van der Waals surface area contributed by atoms with Crippen molar-refractivity contribution in [2.24, 2.45) is 0 Å². The van der Waals surface area contributed by atoms with Crippen LogP contribution >= 0.6 is 0 Å². The van der Waals surface area contributed by atoms with E-state index in [0.717, 1.165) is 18.1 Å². The van der Waals surface area contributed by atoms with Crippen molar-refractivity contribution in [3.05, 3.63) is 47.9 Å². The van der Waals surface area contributed by atoms with Crippen LogP contribution in [0.2, 0.25) is 0 Å². The van der Waals surface area contributed by atoms with Crippen LogP contribution in [0.3, 0.4) is 0 Å². The summed E-state index contributed by atoms with van der Waals surface area (Å²) in [4.78, 5) is 9.42. The number of hydrogen-bond donors (Lipinski definition) is 1. The molecule has 1 saturated carbocycles. The lowest BCUT2D eigenvalue weighted by Gasteiger charge is -2.40. The molecule has 0 radical (unpaired) electrons. The minimum atomic E-state index is 0.146. The third-order valence-corrected chi connectivity index (χ3v) is 4.38. The first-order valence-corrected chi connectivity index (χ1v) is 7.29. The molecule has 0 bridgehead atoms. The van der Waals surface area contributed by atoms with E-state index in [4.69, 9.17) is 4.98 Å². The van der Waals surface area contributed by atoms with Crippen molar-refractivity contribution in [1.29, 1.82) is 0 Å². The maximum absolute atomic E-state index is 4.87. The van der Waals surface area contributed by atoms with Gasteiger partial charge in [-0.25, -0.2) is 9.97 Å². The van der Waals surface area contributed by atoms with Gasteiger partial charge < -0.3 is 5.32 Å². The predicted molar refractivity (Wildman–Crippen MR) is 81.7 cm³/mol. The molecule has 0 spiro atoms. The largest absolute Gasteiger partial charge is 0.319 e. The van der Waals surface area contributed by atoms with Gasteiger partial charge in [0.05, 0.1) is 5.69 Å². The van der Waals surface area contributed by atoms with Crippen LogP contribution in [0.5, 0.6) is 0 Å². The summed E-state index contributed by atoms with van der Waals surface area (Å²) < 4.78 is 0. The van der Waals surface area contributed by atoms with E-state index < -0.39 is 0 Å². The number of benzene rings is 1. The summed E-state index contributed by atoms with van der Waals surface area (Å²) in [6.07, 6.45) is 5.55. The molecule has 1 aliphatic rings. The van der Waals surface area contributed by atoms with E-state index >= 15 is 0 Å². The Bertz CT molecular complexity index is 603. The van der Waals surface area contributed by atoms with E-state index in [0.29, 0.717) is 0 Å². The van der Waals surface area contributed by atoms with E-state index in [1.165, 1.54) is 30.4 Å². The fraction of sp³-hybridized carbons (Fsp3) is 0.412. The quantitative estimate of drug-likeness (QED) is 0.925. The maximum Gasteiger partial charge on any atom is 0.136 e. The van der Waals surface area contributed by atoms with Gasteiger partial charge in [0.15, 0.2) is 0 Å². The lowest BCUT2D eigenvalue weighted by Crippen LogP contribution is -2.44. The Morgan fingerprint density at radius 1 is 1.20 bits per heavy atom. The summed E-state index contributed by atoms with van der Waals surface area (Å²) in [5, 5.41) is 3.30. The van der Waals surface area contributed by atoms with Crippen LogP contribution in [0.15, 0.2) is 36.5 Å². The summed E-state index contributed by atoms with van der Waals surface area (Å²) >= 11 is 0. The van der Waals surface area contributed by atoms with Crippen LogP contribution in [-0.4, -0.2) is 23.6 Å². The highest BCUT2D eigenvalue weighted by Crippen LogP contribution is 2.41. The molecule has 3 heteroatoms. The number of nitrogens with zero attached hydrogens (tertiary/aromatic N) is 2. The molecule has 1 aliphatic carbocycles. The topological polar surface area (TPSA) is 37.8 Å². The lowest BCUT2D eigenvalue weighted by atomic mass is 9.68. The van der Waals surface area contributed by atoms with Crippen molar-refractivity contribution < 1.29 is 0 Å². The minimum absolute atomic E-state index is 0.146. The van der Waals surface area contributed by atoms with Crippen LogP contribution in [0.4, 0.5) is 0 Å². The van der Waals surface area contributed by atoms with Crippen molar-refractivity contribution in [2.45, 2.75) is 31.6 Å². The molecule has 0 atom stereocenters. The Hall–Kier alpha value is -1.74. The van der Waals surface area contributed by atoms with Crippen LogP contribution in [0.25, 0.3) is 11.3 Å². The van der Waals surface area contributed by atoms with Gasteiger partial charge in [0.1, 0.15) is 5.82 Å². The van der Waals surface area contributed by atoms with Crippen molar-refractivity contribution in [2.75, 3.05) is 13.6 Å². The highest BCUT2D eigenvalue weighted by atomic mass is 14.9. The second kappa shape index (κ2) is 5.33. The Kier molecular flexibility index (Phi) is 3.53. The zero-order valence-electron chi connectivity index (χ0n) is 12.2. The van der Waals surface area contributed by atoms with Crippen LogP contribution in [0.1, 0.15) is 30.7 Å². The SMILES string of the molecule is CNCC1(c2nccc(-c3ccccc3C)n2)CCC1. The minimum Gasteiger partial charge on any atom is -0.319 e. The molecule has 1 aromatic carbocycles. The van der Waals surface area contributed by atoms with Gasteiger partial charge in [-0.05, 0) is 38.4 Å². The van der Waals surface area contributed by atoms with Crippen molar-refractivity contribution in [3.63, 3.8) is 0 Å². The molecule has 1 N–H and O–H groups in total. The summed E-state index contributed by atoms with van der Waals surface area (Å²) in [6, 6.07) is 10.4. The molecule has 20 heavy (non-hydrogen) atoms. The second-order valence-corrected chi connectivity index (χ2v) is 5.74. The van der Waals surface area contributed by atoms with Crippen molar-refractivity contribution in [3.8, 4) is 11.3 Å². The summed E-state index contributed by atoms with van der Waals surface area (Å²) in [7, 11) is 2.01. The van der Waals surface area contributed by atoms with Crippen molar-refractivity contribution in [1.82, 2.24) is 15.3 Å². The Labute approximate surface area is 120 Å². The van der Waals surface area contributed by atoms with Gasteiger partial charge in [0, 0.05) is 23.7 Å². The van der Waals surface area contributed by atoms with Crippen LogP contribution in [-0.2, 0) is 5.41 Å². The highest BCUT2D eigenvalue weighted by Gasteiger charge is 2.40. The van der Waals surface area contributed by atoms with Gasteiger partial charge in [0.2, 0.25) is 0 Å². The molecule has 2 aromatic rings. The lowest BCUT2D eigenvalue weighted by molar-refractivity contribution is 0.225. The molecule has 0 amide bonds. The fourth-order valence-corrected chi connectivity index (χ4v) is 3.05. The van der Waals surface area contributed by atoms with E-state index in [2.05, 4.69) is 41.5 Å². The standard InChI is InChI=1S/C17H21N3/c1-13-6-3-4-7-14(13)15-8-11-19-16(20-15)17(12-18-2)9-5-10-17/h3-4,6-8,11,18H,5,9-10,12H2,1-2H3. The van der Waals surface area contributed by atoms with Crippen LogP contribution < -0.4 is 5.32 Å². The molecule has 1 aromatic heterocycles. The number of aromatic nitrogens is 2. The number of hydrogen-bond acceptors (Lipinski definition) is 3. The molecular weight excluding hydrogens is 246 g/mol. The average molecular weight is 267 g/mol. The Morgan fingerprint density at radius 2 is 2.00 bits per heavy atom. The van der Waals surface area contributed by atoms with Gasteiger partial charge in [0.25, 0.3) is 0 Å². The zero-order valence-corrected chi connectivity index (χ0v) is 12.2. The summed E-state index contributed by atoms with van der Waals surface area (Å²) in [5.41, 5.74) is 3.65. The first-order chi connectivity index (χ1) is 9.75. The fourth-order valence-electron chi connectivity index (χ4n) is 3.05. The number of nitrogens with one attached hydrogen (secondary N) is 1. The van der Waals surface area contributed by atoms with E-state index in [9.17, 15) is 0 Å². The van der Waals surface area contributed by atoms with E-state index in [-0.39, 0.29) is 5.41 Å². The number of likely N-dealkylation sites (N-methyl/N-ethyl adjacent to an activating group) is 1. The summed E-state index contributed by atoms with van der Waals surface area (Å²) in [5.74, 6) is 0.999. The Morgan fingerprint density at radius 3 is 2.65 bits per heavy atom. The molecule has 1 heterocycles. The number of rotatable bonds is 4. The summed E-state index contributed by atoms with van der Waals surface area (Å²) in [6.45, 7) is 3.09. The molecule has 0 aliphatic heterocycles. The molecule has 1 fully saturated rings. The molecule has 104 valence electrons. The van der Waals surface area contributed by atoms with Gasteiger partial charge in [-0.2, -0.15) is 0 Å². The van der Waals surface area contributed by atoms with Gasteiger partial charge in [-0.1, -0.05) is 30.7 Å². The molecule has 0 unspecified atom stereocenters. The predicted octanol–water partition coefficient (Wildman–Crippen LogP) is 3.09. The van der Waals surface area contributed by atoms with Crippen LogP contribution in [0, 0.1) is 6.92 Å². The molecular formula is C17H21N3. The van der Waals surface area contributed by atoms with E-state index in [1.807, 2.05) is 19.3 Å². The smallest absolute Gasteiger partial charge is 0.136 e. The molecule has 3 nitrogen and oxygen atoms in total.